The Morgan fingerprint density at radius 3 is 2.21 bits per heavy atom. The topological polar surface area (TPSA) is 75.6 Å². The second-order valence-corrected chi connectivity index (χ2v) is 4.81. The molecule has 1 unspecified atom stereocenters. The molecule has 0 aromatic heterocycles. The van der Waals surface area contributed by atoms with Crippen LogP contribution >= 0.6 is 23.2 Å². The van der Waals surface area contributed by atoms with Gasteiger partial charge in [0, 0.05) is 10.0 Å². The molecule has 2 atom stereocenters. The van der Waals surface area contributed by atoms with E-state index in [1.54, 1.807) is 0 Å². The lowest BCUT2D eigenvalue weighted by molar-refractivity contribution is -0.142. The Balaban J connectivity index is 2.66. The Labute approximate surface area is 120 Å². The van der Waals surface area contributed by atoms with Crippen molar-refractivity contribution in [3.05, 3.63) is 28.2 Å². The molecule has 104 valence electrons. The normalized spacial score (nSPS) is 13.5. The molecule has 0 heterocycles. The molecule has 1 amide bonds. The monoisotopic (exact) mass is 305 g/mol. The van der Waals surface area contributed by atoms with Gasteiger partial charge in [-0.2, -0.15) is 0 Å². The Morgan fingerprint density at radius 2 is 1.74 bits per heavy atom. The van der Waals surface area contributed by atoms with Crippen molar-refractivity contribution in [2.24, 2.45) is 0 Å². The van der Waals surface area contributed by atoms with Crippen LogP contribution < -0.4 is 10.1 Å². The zero-order valence-electron chi connectivity index (χ0n) is 10.3. The Bertz CT molecular complexity index is 472. The Kier molecular flexibility index (Phi) is 5.44. The van der Waals surface area contributed by atoms with Crippen LogP contribution in [0.25, 0.3) is 0 Å². The van der Waals surface area contributed by atoms with Crippen LogP contribution in [-0.2, 0) is 9.59 Å². The van der Waals surface area contributed by atoms with E-state index in [0.29, 0.717) is 15.8 Å². The number of rotatable bonds is 5. The molecule has 19 heavy (non-hydrogen) atoms. The molecule has 0 bridgehead atoms. The van der Waals surface area contributed by atoms with Crippen molar-refractivity contribution in [3.63, 3.8) is 0 Å². The number of carbonyl (C=O) groups excluding carboxylic acids is 1. The summed E-state index contributed by atoms with van der Waals surface area (Å²) in [4.78, 5) is 22.3. The summed E-state index contributed by atoms with van der Waals surface area (Å²) in [5, 5.41) is 11.8. The zero-order chi connectivity index (χ0) is 14.6. The molecule has 7 heteroatoms. The summed E-state index contributed by atoms with van der Waals surface area (Å²) in [6.07, 6.45) is -0.865. The van der Waals surface area contributed by atoms with Gasteiger partial charge in [0.2, 0.25) is 0 Å². The first-order valence-electron chi connectivity index (χ1n) is 5.45. The van der Waals surface area contributed by atoms with Gasteiger partial charge in [-0.25, -0.2) is 0 Å². The van der Waals surface area contributed by atoms with Gasteiger partial charge in [0.1, 0.15) is 11.8 Å². The lowest BCUT2D eigenvalue weighted by atomic mass is 10.3. The third-order valence-corrected chi connectivity index (χ3v) is 2.68. The molecule has 1 aromatic rings. The fourth-order valence-electron chi connectivity index (χ4n) is 1.25. The predicted molar refractivity (Wildman–Crippen MR) is 71.8 cm³/mol. The molecule has 2 N–H and O–H groups in total. The zero-order valence-corrected chi connectivity index (χ0v) is 11.8. The number of ether oxygens (including phenoxy) is 1. The largest absolute Gasteiger partial charge is 0.481 e. The van der Waals surface area contributed by atoms with Crippen molar-refractivity contribution in [2.45, 2.75) is 26.0 Å². The van der Waals surface area contributed by atoms with Crippen molar-refractivity contribution in [1.29, 1.82) is 0 Å². The summed E-state index contributed by atoms with van der Waals surface area (Å²) in [7, 11) is 0. The van der Waals surface area contributed by atoms with Crippen molar-refractivity contribution < 1.29 is 19.4 Å². The summed E-state index contributed by atoms with van der Waals surface area (Å²) in [5.41, 5.74) is 0. The van der Waals surface area contributed by atoms with Crippen LogP contribution in [0, 0.1) is 0 Å². The van der Waals surface area contributed by atoms with E-state index in [0.717, 1.165) is 0 Å². The Morgan fingerprint density at radius 1 is 1.21 bits per heavy atom. The van der Waals surface area contributed by atoms with Crippen molar-refractivity contribution in [2.75, 3.05) is 0 Å². The van der Waals surface area contributed by atoms with Crippen LogP contribution in [0.2, 0.25) is 10.0 Å². The maximum Gasteiger partial charge on any atom is 0.325 e. The van der Waals surface area contributed by atoms with Gasteiger partial charge in [-0.15, -0.1) is 0 Å². The maximum atomic E-state index is 11.7. The number of hydrogen-bond acceptors (Lipinski definition) is 3. The highest BCUT2D eigenvalue weighted by molar-refractivity contribution is 6.34. The van der Waals surface area contributed by atoms with Gasteiger partial charge in [-0.3, -0.25) is 9.59 Å². The number of hydrogen-bond donors (Lipinski definition) is 2. The number of carbonyl (C=O) groups is 2. The molecule has 0 fully saturated rings. The summed E-state index contributed by atoms with van der Waals surface area (Å²) in [5.74, 6) is -1.32. The van der Waals surface area contributed by atoms with E-state index < -0.39 is 24.0 Å². The molecule has 1 rings (SSSR count). The summed E-state index contributed by atoms with van der Waals surface area (Å²) >= 11 is 11.6. The average Bonchev–Trinajstić information content (AvgIpc) is 2.26. The molecule has 0 saturated heterocycles. The number of carboxylic acids is 1. The fourth-order valence-corrected chi connectivity index (χ4v) is 1.75. The van der Waals surface area contributed by atoms with Crippen LogP contribution in [0.4, 0.5) is 0 Å². The molecule has 0 aliphatic carbocycles. The van der Waals surface area contributed by atoms with Crippen molar-refractivity contribution in [1.82, 2.24) is 5.32 Å². The second kappa shape index (κ2) is 6.63. The Hall–Kier alpha value is -1.46. The third-order valence-electron chi connectivity index (χ3n) is 2.25. The van der Waals surface area contributed by atoms with Crippen LogP contribution in [0.15, 0.2) is 18.2 Å². The highest BCUT2D eigenvalue weighted by Crippen LogP contribution is 2.24. The van der Waals surface area contributed by atoms with Crippen LogP contribution in [0.1, 0.15) is 13.8 Å². The molecule has 0 saturated carbocycles. The number of amides is 1. The highest BCUT2D eigenvalue weighted by atomic mass is 35.5. The molecule has 0 spiro atoms. The minimum atomic E-state index is -1.12. The molecular weight excluding hydrogens is 293 g/mol. The van der Waals surface area contributed by atoms with Gasteiger partial charge in [0.25, 0.3) is 5.91 Å². The van der Waals surface area contributed by atoms with E-state index in [4.69, 9.17) is 33.0 Å². The van der Waals surface area contributed by atoms with Crippen molar-refractivity contribution >= 4 is 35.1 Å². The smallest absolute Gasteiger partial charge is 0.325 e. The number of halogens is 2. The van der Waals surface area contributed by atoms with Crippen LogP contribution in [0.3, 0.4) is 0 Å². The number of carboxylic acid groups (broad SMARTS) is 1. The van der Waals surface area contributed by atoms with Gasteiger partial charge in [-0.05, 0) is 32.0 Å². The van der Waals surface area contributed by atoms with Crippen LogP contribution in [-0.4, -0.2) is 29.1 Å². The average molecular weight is 306 g/mol. The molecular formula is C12H13Cl2NO4. The minimum Gasteiger partial charge on any atom is -0.481 e. The molecule has 0 aliphatic heterocycles. The lowest BCUT2D eigenvalue weighted by Gasteiger charge is -2.16. The van der Waals surface area contributed by atoms with E-state index in [2.05, 4.69) is 5.32 Å². The van der Waals surface area contributed by atoms with Gasteiger partial charge in [-0.1, -0.05) is 23.2 Å². The first-order valence-corrected chi connectivity index (χ1v) is 6.21. The quantitative estimate of drug-likeness (QED) is 0.875. The van der Waals surface area contributed by atoms with E-state index in [-0.39, 0.29) is 0 Å². The van der Waals surface area contributed by atoms with Crippen molar-refractivity contribution in [3.8, 4) is 5.75 Å². The first kappa shape index (κ1) is 15.6. The SMILES string of the molecule is CC(Oc1cc(Cl)cc(Cl)c1)C(=O)N[C@H](C)C(=O)O. The number of aliphatic carboxylic acids is 1. The predicted octanol–water partition coefficient (Wildman–Crippen LogP) is 2.35. The van der Waals surface area contributed by atoms with Gasteiger partial charge >= 0.3 is 5.97 Å². The third kappa shape index (κ3) is 4.96. The summed E-state index contributed by atoms with van der Waals surface area (Å²) in [6.45, 7) is 2.86. The van der Waals surface area contributed by atoms with Gasteiger partial charge in [0.15, 0.2) is 6.10 Å². The summed E-state index contributed by atoms with van der Waals surface area (Å²) in [6, 6.07) is 3.57. The summed E-state index contributed by atoms with van der Waals surface area (Å²) < 4.78 is 5.34. The highest BCUT2D eigenvalue weighted by Gasteiger charge is 2.20. The fraction of sp³-hybridized carbons (Fsp3) is 0.333. The molecule has 5 nitrogen and oxygen atoms in total. The molecule has 1 aromatic carbocycles. The van der Waals surface area contributed by atoms with E-state index in [1.165, 1.54) is 32.0 Å². The molecule has 0 radical (unpaired) electrons. The minimum absolute atomic E-state index is 0.336. The number of nitrogens with one attached hydrogen (secondary N) is 1. The van der Waals surface area contributed by atoms with E-state index in [1.807, 2.05) is 0 Å². The lowest BCUT2D eigenvalue weighted by Crippen LogP contribution is -2.44. The first-order chi connectivity index (χ1) is 8.79. The molecule has 0 aliphatic rings. The van der Waals surface area contributed by atoms with E-state index >= 15 is 0 Å². The van der Waals surface area contributed by atoms with Gasteiger partial charge in [0.05, 0.1) is 0 Å². The van der Waals surface area contributed by atoms with Crippen LogP contribution in [0.5, 0.6) is 5.75 Å². The van der Waals surface area contributed by atoms with Gasteiger partial charge < -0.3 is 15.2 Å². The second-order valence-electron chi connectivity index (χ2n) is 3.93. The number of benzene rings is 1. The maximum absolute atomic E-state index is 11.7. The standard InChI is InChI=1S/C12H13Cl2NO4/c1-6(12(17)18)15-11(16)7(2)19-10-4-8(13)3-9(14)5-10/h3-7H,1-2H3,(H,15,16)(H,17,18)/t6-,7?/m1/s1. The van der Waals surface area contributed by atoms with E-state index in [9.17, 15) is 9.59 Å².